The lowest BCUT2D eigenvalue weighted by Crippen LogP contribution is -2.15. The predicted octanol–water partition coefficient (Wildman–Crippen LogP) is 4.47. The zero-order valence-corrected chi connectivity index (χ0v) is 15.6. The number of nitrogens with one attached hydrogen (secondary N) is 1. The summed E-state index contributed by atoms with van der Waals surface area (Å²) in [6, 6.07) is 7.65. The molecule has 1 unspecified atom stereocenters. The summed E-state index contributed by atoms with van der Waals surface area (Å²) in [6.07, 6.45) is 4.18. The van der Waals surface area contributed by atoms with E-state index >= 15 is 0 Å². The van der Waals surface area contributed by atoms with Crippen LogP contribution in [-0.4, -0.2) is 17.6 Å². The van der Waals surface area contributed by atoms with E-state index in [1.165, 1.54) is 10.4 Å². The third kappa shape index (κ3) is 3.94. The van der Waals surface area contributed by atoms with Gasteiger partial charge in [0.05, 0.1) is 0 Å². The third-order valence-corrected chi connectivity index (χ3v) is 5.86. The molecule has 0 saturated heterocycles. The maximum atomic E-state index is 12.6. The minimum absolute atomic E-state index is 0.147. The van der Waals surface area contributed by atoms with E-state index in [1.807, 2.05) is 31.2 Å². The van der Waals surface area contributed by atoms with Crippen LogP contribution < -0.4 is 5.32 Å². The van der Waals surface area contributed by atoms with Gasteiger partial charge in [0.1, 0.15) is 5.00 Å². The number of anilines is 1. The molecule has 134 valence electrons. The average Bonchev–Trinajstić information content (AvgIpc) is 2.99. The van der Waals surface area contributed by atoms with E-state index in [4.69, 9.17) is 4.74 Å². The summed E-state index contributed by atoms with van der Waals surface area (Å²) in [5.74, 6) is -0.147. The van der Waals surface area contributed by atoms with Crippen LogP contribution in [0.4, 0.5) is 5.00 Å². The summed E-state index contributed by atoms with van der Waals surface area (Å²) in [6.45, 7) is 4.37. The largest absolute Gasteiger partial charge is 0.364 e. The Labute approximate surface area is 152 Å². The average molecular weight is 359 g/mol. The summed E-state index contributed by atoms with van der Waals surface area (Å²) in [5, 5.41) is 14.2. The van der Waals surface area contributed by atoms with Crippen molar-refractivity contribution in [2.75, 3.05) is 11.9 Å². The van der Waals surface area contributed by atoms with Crippen LogP contribution in [0.3, 0.4) is 0 Å². The number of amides is 1. The van der Waals surface area contributed by atoms with Crippen LogP contribution in [0.1, 0.15) is 64.9 Å². The lowest BCUT2D eigenvalue weighted by molar-refractivity contribution is -0.0978. The topological polar surface area (TPSA) is 58.6 Å². The van der Waals surface area contributed by atoms with Crippen molar-refractivity contribution in [2.24, 2.45) is 0 Å². The predicted molar refractivity (Wildman–Crippen MR) is 101 cm³/mol. The lowest BCUT2D eigenvalue weighted by atomic mass is 9.95. The highest BCUT2D eigenvalue weighted by Crippen LogP contribution is 2.41. The number of aliphatic hydroxyl groups excluding tert-OH is 1. The fourth-order valence-corrected chi connectivity index (χ4v) is 4.56. The van der Waals surface area contributed by atoms with Crippen LogP contribution in [0.15, 0.2) is 24.3 Å². The monoisotopic (exact) mass is 359 g/mol. The molecule has 1 aromatic heterocycles. The highest BCUT2D eigenvalue weighted by Gasteiger charge is 2.26. The summed E-state index contributed by atoms with van der Waals surface area (Å²) in [5.41, 5.74) is 3.74. The Morgan fingerprint density at radius 3 is 2.64 bits per heavy atom. The number of aliphatic hydroxyl groups is 1. The van der Waals surface area contributed by atoms with Gasteiger partial charge >= 0.3 is 0 Å². The fraction of sp³-hybridized carbons (Fsp3) is 0.450. The van der Waals surface area contributed by atoms with Crippen LogP contribution in [0, 0.1) is 0 Å². The molecular weight excluding hydrogens is 334 g/mol. The minimum atomic E-state index is -0.985. The molecule has 3 rings (SSSR count). The van der Waals surface area contributed by atoms with Crippen molar-refractivity contribution in [3.05, 3.63) is 51.4 Å². The highest BCUT2D eigenvalue weighted by molar-refractivity contribution is 7.16. The van der Waals surface area contributed by atoms with E-state index < -0.39 is 6.29 Å². The standard InChI is InChI=1S/C20H25NO3S/c1-3-13-9-11-14(12-10-13)18(22)21-19-17(20(23)24-4-2)15-7-5-6-8-16(15)25-19/h9-12,20,23H,3-8H2,1-2H3,(H,21,22). The molecule has 2 N–H and O–H groups in total. The van der Waals surface area contributed by atoms with Crippen LogP contribution >= 0.6 is 11.3 Å². The Bertz CT molecular complexity index is 736. The van der Waals surface area contributed by atoms with Crippen molar-refractivity contribution in [1.29, 1.82) is 0 Å². The van der Waals surface area contributed by atoms with Crippen LogP contribution in [-0.2, 0) is 24.0 Å². The molecule has 0 bridgehead atoms. The van der Waals surface area contributed by atoms with Gasteiger partial charge in [0.2, 0.25) is 0 Å². The molecule has 4 nitrogen and oxygen atoms in total. The normalized spacial score (nSPS) is 14.8. The van der Waals surface area contributed by atoms with Crippen molar-refractivity contribution in [3.63, 3.8) is 0 Å². The second-order valence-corrected chi connectivity index (χ2v) is 7.37. The first kappa shape index (κ1) is 18.1. The van der Waals surface area contributed by atoms with Gasteiger partial charge in [0.25, 0.3) is 5.91 Å². The van der Waals surface area contributed by atoms with Gasteiger partial charge in [-0.15, -0.1) is 11.3 Å². The molecule has 5 heteroatoms. The molecule has 0 fully saturated rings. The number of fused-ring (bicyclic) bond motifs is 1. The molecular formula is C20H25NO3S. The van der Waals surface area contributed by atoms with Gasteiger partial charge < -0.3 is 15.2 Å². The van der Waals surface area contributed by atoms with Crippen molar-refractivity contribution < 1.29 is 14.6 Å². The number of carbonyl (C=O) groups is 1. The molecule has 0 spiro atoms. The van der Waals surface area contributed by atoms with E-state index in [1.54, 1.807) is 11.3 Å². The molecule has 1 heterocycles. The molecule has 0 saturated carbocycles. The van der Waals surface area contributed by atoms with Gasteiger partial charge in [-0.3, -0.25) is 4.79 Å². The minimum Gasteiger partial charge on any atom is -0.364 e. The molecule has 1 amide bonds. The van der Waals surface area contributed by atoms with Gasteiger partial charge in [-0.25, -0.2) is 0 Å². The van der Waals surface area contributed by atoms with Crippen LogP contribution in [0.5, 0.6) is 0 Å². The quantitative estimate of drug-likeness (QED) is 0.748. The molecule has 2 aromatic rings. The SMILES string of the molecule is CCOC(O)c1c(NC(=O)c2ccc(CC)cc2)sc2c1CCCC2. The van der Waals surface area contributed by atoms with Crippen molar-refractivity contribution >= 4 is 22.2 Å². The zero-order chi connectivity index (χ0) is 17.8. The van der Waals surface area contributed by atoms with Gasteiger partial charge in [0, 0.05) is 22.6 Å². The van der Waals surface area contributed by atoms with Gasteiger partial charge in [-0.2, -0.15) is 0 Å². The Balaban J connectivity index is 1.87. The van der Waals surface area contributed by atoms with E-state index in [0.717, 1.165) is 48.2 Å². The summed E-state index contributed by atoms with van der Waals surface area (Å²) >= 11 is 1.57. The first-order valence-electron chi connectivity index (χ1n) is 8.98. The number of thiophene rings is 1. The first-order chi connectivity index (χ1) is 12.1. The number of hydrogen-bond acceptors (Lipinski definition) is 4. The zero-order valence-electron chi connectivity index (χ0n) is 14.8. The van der Waals surface area contributed by atoms with E-state index in [0.29, 0.717) is 12.2 Å². The summed E-state index contributed by atoms with van der Waals surface area (Å²) in [7, 11) is 0. The number of ether oxygens (including phenoxy) is 1. The number of rotatable bonds is 6. The second kappa shape index (κ2) is 8.13. The second-order valence-electron chi connectivity index (χ2n) is 6.27. The Hall–Kier alpha value is -1.69. The van der Waals surface area contributed by atoms with Crippen LogP contribution in [0.2, 0.25) is 0 Å². The van der Waals surface area contributed by atoms with Crippen molar-refractivity contribution in [3.8, 4) is 0 Å². The number of aryl methyl sites for hydroxylation is 2. The smallest absolute Gasteiger partial charge is 0.256 e. The Morgan fingerprint density at radius 1 is 1.24 bits per heavy atom. The van der Waals surface area contributed by atoms with E-state index in [-0.39, 0.29) is 5.91 Å². The summed E-state index contributed by atoms with van der Waals surface area (Å²) in [4.78, 5) is 13.9. The van der Waals surface area contributed by atoms with Crippen LogP contribution in [0.25, 0.3) is 0 Å². The third-order valence-electron chi connectivity index (χ3n) is 4.64. The van der Waals surface area contributed by atoms with Gasteiger partial charge in [-0.05, 0) is 62.3 Å². The lowest BCUT2D eigenvalue weighted by Gasteiger charge is -2.17. The Morgan fingerprint density at radius 2 is 1.96 bits per heavy atom. The summed E-state index contributed by atoms with van der Waals surface area (Å²) < 4.78 is 5.42. The molecule has 0 aliphatic heterocycles. The number of benzene rings is 1. The number of carbonyl (C=O) groups excluding carboxylic acids is 1. The maximum Gasteiger partial charge on any atom is 0.256 e. The highest BCUT2D eigenvalue weighted by atomic mass is 32.1. The van der Waals surface area contributed by atoms with E-state index in [9.17, 15) is 9.90 Å². The molecule has 1 atom stereocenters. The number of hydrogen-bond donors (Lipinski definition) is 2. The molecule has 0 radical (unpaired) electrons. The molecule has 1 aromatic carbocycles. The van der Waals surface area contributed by atoms with Gasteiger partial charge in [0.15, 0.2) is 6.29 Å². The van der Waals surface area contributed by atoms with Crippen molar-refractivity contribution in [2.45, 2.75) is 52.2 Å². The maximum absolute atomic E-state index is 12.6. The molecule has 1 aliphatic carbocycles. The molecule has 1 aliphatic rings. The Kier molecular flexibility index (Phi) is 5.89. The molecule has 25 heavy (non-hydrogen) atoms. The van der Waals surface area contributed by atoms with Gasteiger partial charge in [-0.1, -0.05) is 19.1 Å². The first-order valence-corrected chi connectivity index (χ1v) is 9.80. The fourth-order valence-electron chi connectivity index (χ4n) is 3.25. The van der Waals surface area contributed by atoms with Crippen molar-refractivity contribution in [1.82, 2.24) is 0 Å². The van der Waals surface area contributed by atoms with E-state index in [2.05, 4.69) is 12.2 Å².